The van der Waals surface area contributed by atoms with E-state index in [0.29, 0.717) is 0 Å². The first-order valence-corrected chi connectivity index (χ1v) is 5.80. The number of hydrogen-bond donors (Lipinski definition) is 2. The molecule has 0 unspecified atom stereocenters. The minimum atomic E-state index is 0.740. The van der Waals surface area contributed by atoms with Crippen LogP contribution in [0.1, 0.15) is 12.0 Å². The van der Waals surface area contributed by atoms with Crippen molar-refractivity contribution >= 4 is 5.69 Å². The number of nitrogens with one attached hydrogen (secondary N) is 2. The summed E-state index contributed by atoms with van der Waals surface area (Å²) in [5.41, 5.74) is 2.41. The Labute approximate surface area is 94.9 Å². The van der Waals surface area contributed by atoms with E-state index in [2.05, 4.69) is 22.8 Å². The van der Waals surface area contributed by atoms with E-state index in [-0.39, 0.29) is 0 Å². The average molecular weight is 220 g/mol. The molecule has 2 N–H and O–H groups in total. The van der Waals surface area contributed by atoms with E-state index in [4.69, 9.17) is 9.47 Å². The minimum Gasteiger partial charge on any atom is -0.490 e. The van der Waals surface area contributed by atoms with E-state index in [1.807, 2.05) is 0 Å². The van der Waals surface area contributed by atoms with E-state index >= 15 is 0 Å². The summed E-state index contributed by atoms with van der Waals surface area (Å²) in [7, 11) is 0. The summed E-state index contributed by atoms with van der Waals surface area (Å²) in [5.74, 6) is 1.74. The second-order valence-corrected chi connectivity index (χ2v) is 4.11. The third-order valence-electron chi connectivity index (χ3n) is 2.91. The monoisotopic (exact) mass is 220 g/mol. The quantitative estimate of drug-likeness (QED) is 0.693. The molecule has 4 heteroatoms. The van der Waals surface area contributed by atoms with Crippen molar-refractivity contribution in [1.82, 2.24) is 5.32 Å². The van der Waals surface area contributed by atoms with Crippen molar-refractivity contribution < 1.29 is 9.47 Å². The van der Waals surface area contributed by atoms with E-state index in [1.54, 1.807) is 0 Å². The van der Waals surface area contributed by atoms with Gasteiger partial charge in [0.05, 0.1) is 13.2 Å². The summed E-state index contributed by atoms with van der Waals surface area (Å²) in [5, 5.41) is 6.76. The lowest BCUT2D eigenvalue weighted by atomic mass is 10.1. The Morgan fingerprint density at radius 1 is 1.00 bits per heavy atom. The number of ether oxygens (including phenoxy) is 2. The minimum absolute atomic E-state index is 0.740. The predicted molar refractivity (Wildman–Crippen MR) is 62.2 cm³/mol. The summed E-state index contributed by atoms with van der Waals surface area (Å²) in [6.45, 7) is 4.31. The Bertz CT molecular complexity index is 325. The first kappa shape index (κ1) is 9.78. The van der Waals surface area contributed by atoms with E-state index in [9.17, 15) is 0 Å². The highest BCUT2D eigenvalue weighted by atomic mass is 16.5. The zero-order valence-electron chi connectivity index (χ0n) is 9.21. The van der Waals surface area contributed by atoms with Gasteiger partial charge in [-0.05, 0) is 11.6 Å². The number of rotatable bonds is 0. The summed E-state index contributed by atoms with van der Waals surface area (Å²) in [4.78, 5) is 0. The Balaban J connectivity index is 2.00. The van der Waals surface area contributed by atoms with Crippen LogP contribution < -0.4 is 20.1 Å². The fourth-order valence-corrected chi connectivity index (χ4v) is 2.07. The fraction of sp³-hybridized carbons (Fsp3) is 0.500. The van der Waals surface area contributed by atoms with Crippen LogP contribution >= 0.6 is 0 Å². The van der Waals surface area contributed by atoms with Gasteiger partial charge in [-0.2, -0.15) is 0 Å². The van der Waals surface area contributed by atoms with Gasteiger partial charge in [-0.15, -0.1) is 0 Å². The molecule has 0 spiro atoms. The van der Waals surface area contributed by atoms with Gasteiger partial charge in [0, 0.05) is 37.8 Å². The molecule has 4 nitrogen and oxygen atoms in total. The molecular formula is C12H16N2O2. The Hall–Kier alpha value is -1.42. The Morgan fingerprint density at radius 2 is 1.81 bits per heavy atom. The lowest BCUT2D eigenvalue weighted by Crippen LogP contribution is -2.16. The molecule has 0 fully saturated rings. The summed E-state index contributed by atoms with van der Waals surface area (Å²) in [6, 6.07) is 4.14. The summed E-state index contributed by atoms with van der Waals surface area (Å²) < 4.78 is 11.3. The SMILES string of the molecule is c1c2c(cc3c1OCCCO3)NCCNC2. The second-order valence-electron chi connectivity index (χ2n) is 4.11. The van der Waals surface area contributed by atoms with Crippen molar-refractivity contribution in [3.05, 3.63) is 17.7 Å². The molecule has 0 aliphatic carbocycles. The Morgan fingerprint density at radius 3 is 2.69 bits per heavy atom. The molecule has 0 radical (unpaired) electrons. The van der Waals surface area contributed by atoms with Crippen molar-refractivity contribution in [3.8, 4) is 11.5 Å². The smallest absolute Gasteiger partial charge is 0.163 e. The molecule has 1 aromatic rings. The van der Waals surface area contributed by atoms with E-state index < -0.39 is 0 Å². The van der Waals surface area contributed by atoms with Crippen molar-refractivity contribution in [2.75, 3.05) is 31.6 Å². The van der Waals surface area contributed by atoms with Crippen LogP contribution in [0, 0.1) is 0 Å². The fourth-order valence-electron chi connectivity index (χ4n) is 2.07. The molecular weight excluding hydrogens is 204 g/mol. The molecule has 0 amide bonds. The number of anilines is 1. The van der Waals surface area contributed by atoms with Crippen molar-refractivity contribution in [3.63, 3.8) is 0 Å². The Kier molecular flexibility index (Phi) is 2.58. The second kappa shape index (κ2) is 4.22. The molecule has 0 bridgehead atoms. The summed E-state index contributed by atoms with van der Waals surface area (Å²) in [6.07, 6.45) is 0.949. The van der Waals surface area contributed by atoms with Crippen LogP contribution in [0.2, 0.25) is 0 Å². The van der Waals surface area contributed by atoms with Crippen LogP contribution in [0.5, 0.6) is 11.5 Å². The van der Waals surface area contributed by atoms with E-state index in [1.165, 1.54) is 5.56 Å². The average Bonchev–Trinajstić information content (AvgIpc) is 2.64. The topological polar surface area (TPSA) is 42.5 Å². The van der Waals surface area contributed by atoms with Crippen LogP contribution in [-0.4, -0.2) is 26.3 Å². The van der Waals surface area contributed by atoms with Gasteiger partial charge >= 0.3 is 0 Å². The number of benzene rings is 1. The molecule has 16 heavy (non-hydrogen) atoms. The van der Waals surface area contributed by atoms with Gasteiger partial charge in [0.15, 0.2) is 11.5 Å². The molecule has 1 aromatic carbocycles. The van der Waals surface area contributed by atoms with Gasteiger partial charge in [-0.3, -0.25) is 0 Å². The molecule has 0 saturated heterocycles. The molecule has 2 heterocycles. The zero-order valence-corrected chi connectivity index (χ0v) is 9.21. The van der Waals surface area contributed by atoms with E-state index in [0.717, 1.165) is 56.5 Å². The number of hydrogen-bond acceptors (Lipinski definition) is 4. The number of fused-ring (bicyclic) bond motifs is 2. The molecule has 3 rings (SSSR count). The largest absolute Gasteiger partial charge is 0.490 e. The molecule has 0 atom stereocenters. The van der Waals surface area contributed by atoms with Crippen molar-refractivity contribution in [1.29, 1.82) is 0 Å². The first-order chi connectivity index (χ1) is 7.93. The standard InChI is InChI=1S/C12H16N2O2/c1-4-15-11-6-9-8-13-2-3-14-10(9)7-12(11)16-5-1/h6-7,13-14H,1-5,8H2. The lowest BCUT2D eigenvalue weighted by Gasteiger charge is -2.13. The highest BCUT2D eigenvalue weighted by Gasteiger charge is 2.15. The highest BCUT2D eigenvalue weighted by molar-refractivity contribution is 5.61. The van der Waals surface area contributed by atoms with Crippen LogP contribution in [0.25, 0.3) is 0 Å². The van der Waals surface area contributed by atoms with Crippen molar-refractivity contribution in [2.24, 2.45) is 0 Å². The third-order valence-corrected chi connectivity index (χ3v) is 2.91. The zero-order chi connectivity index (χ0) is 10.8. The van der Waals surface area contributed by atoms with Gasteiger partial charge in [-0.25, -0.2) is 0 Å². The van der Waals surface area contributed by atoms with Crippen LogP contribution in [-0.2, 0) is 6.54 Å². The first-order valence-electron chi connectivity index (χ1n) is 5.80. The maximum absolute atomic E-state index is 5.67. The summed E-state index contributed by atoms with van der Waals surface area (Å²) >= 11 is 0. The normalized spacial score (nSPS) is 19.0. The van der Waals surface area contributed by atoms with Gasteiger partial charge in [0.2, 0.25) is 0 Å². The highest BCUT2D eigenvalue weighted by Crippen LogP contribution is 2.35. The third kappa shape index (κ3) is 1.80. The molecule has 0 aromatic heterocycles. The maximum Gasteiger partial charge on any atom is 0.163 e. The van der Waals surface area contributed by atoms with Gasteiger partial charge in [-0.1, -0.05) is 0 Å². The molecule has 86 valence electrons. The van der Waals surface area contributed by atoms with Gasteiger partial charge < -0.3 is 20.1 Å². The van der Waals surface area contributed by atoms with Gasteiger partial charge in [0.1, 0.15) is 0 Å². The lowest BCUT2D eigenvalue weighted by molar-refractivity contribution is 0.297. The van der Waals surface area contributed by atoms with Crippen molar-refractivity contribution in [2.45, 2.75) is 13.0 Å². The van der Waals surface area contributed by atoms with Crippen LogP contribution in [0.15, 0.2) is 12.1 Å². The van der Waals surface area contributed by atoms with Crippen LogP contribution in [0.4, 0.5) is 5.69 Å². The van der Waals surface area contributed by atoms with Gasteiger partial charge in [0.25, 0.3) is 0 Å². The molecule has 2 aliphatic rings. The maximum atomic E-state index is 5.67. The predicted octanol–water partition coefficient (Wildman–Crippen LogP) is 1.36. The van der Waals surface area contributed by atoms with Crippen LogP contribution in [0.3, 0.4) is 0 Å². The molecule has 0 saturated carbocycles. The molecule has 2 aliphatic heterocycles.